The molecule has 0 atom stereocenters. The van der Waals surface area contributed by atoms with Crippen molar-refractivity contribution in [2.75, 3.05) is 0 Å². The zero-order valence-electron chi connectivity index (χ0n) is 13.1. The van der Waals surface area contributed by atoms with Crippen molar-refractivity contribution in [2.45, 2.75) is 12.4 Å². The van der Waals surface area contributed by atoms with Crippen LogP contribution in [0.1, 0.15) is 27.0 Å². The summed E-state index contributed by atoms with van der Waals surface area (Å²) in [5.74, 6) is -3.18. The van der Waals surface area contributed by atoms with Gasteiger partial charge in [0.25, 0.3) is 5.91 Å². The maximum Gasteiger partial charge on any atom is 0.419 e. The van der Waals surface area contributed by atoms with Gasteiger partial charge in [0, 0.05) is 5.56 Å². The van der Waals surface area contributed by atoms with E-state index in [9.17, 15) is 41.4 Å². The van der Waals surface area contributed by atoms with Gasteiger partial charge in [-0.05, 0) is 30.3 Å². The fraction of sp³-hybridized carbons (Fsp3) is 0.125. The third-order valence-electron chi connectivity index (χ3n) is 3.31. The number of benzene rings is 2. The molecule has 2 aromatic carbocycles. The number of halogens is 6. The minimum absolute atomic E-state index is 0.345. The van der Waals surface area contributed by atoms with Gasteiger partial charge in [-0.3, -0.25) is 4.79 Å². The van der Waals surface area contributed by atoms with Crippen LogP contribution in [-0.2, 0) is 12.4 Å². The van der Waals surface area contributed by atoms with E-state index in [0.717, 1.165) is 12.1 Å². The molecule has 1 amide bonds. The third-order valence-corrected chi connectivity index (χ3v) is 3.31. The van der Waals surface area contributed by atoms with Gasteiger partial charge in [0.05, 0.1) is 22.9 Å². The largest absolute Gasteiger partial charge is 0.507 e. The lowest BCUT2D eigenvalue weighted by molar-refractivity contribution is -0.139. The molecule has 0 bridgehead atoms. The van der Waals surface area contributed by atoms with Crippen molar-refractivity contribution in [1.82, 2.24) is 5.43 Å². The topological polar surface area (TPSA) is 81.9 Å². The Morgan fingerprint density at radius 1 is 1.00 bits per heavy atom. The van der Waals surface area contributed by atoms with E-state index in [1.165, 1.54) is 0 Å². The van der Waals surface area contributed by atoms with Gasteiger partial charge in [-0.25, -0.2) is 5.43 Å². The Bertz CT molecular complexity index is 891. The first-order chi connectivity index (χ1) is 12.4. The Morgan fingerprint density at radius 2 is 1.67 bits per heavy atom. The standard InChI is InChI=1S/C16H10F6N2O3/c17-15(18,19)9-4-5-10(12(25)6-9)14(27)24-23-7-8-2-1-3-11(13(8)26)16(20,21)22/h1-7,25-26H,(H,24,27)/b23-7+. The molecule has 0 aliphatic heterocycles. The molecule has 3 N–H and O–H groups in total. The summed E-state index contributed by atoms with van der Waals surface area (Å²) in [6.45, 7) is 0. The Kier molecular flexibility index (Phi) is 5.33. The van der Waals surface area contributed by atoms with Crippen LogP contribution in [0.15, 0.2) is 41.5 Å². The molecule has 0 spiro atoms. The number of phenolic OH excluding ortho intramolecular Hbond substituents is 2. The van der Waals surface area contributed by atoms with Crippen molar-refractivity contribution in [3.63, 3.8) is 0 Å². The molecule has 0 aromatic heterocycles. The summed E-state index contributed by atoms with van der Waals surface area (Å²) in [6.07, 6.45) is -8.81. The average molecular weight is 392 g/mol. The number of aromatic hydroxyl groups is 2. The summed E-state index contributed by atoms with van der Waals surface area (Å²) in [6, 6.07) is 4.37. The van der Waals surface area contributed by atoms with Crippen molar-refractivity contribution >= 4 is 12.1 Å². The Balaban J connectivity index is 2.17. The quantitative estimate of drug-likeness (QED) is 0.421. The van der Waals surface area contributed by atoms with Gasteiger partial charge in [0.2, 0.25) is 0 Å². The molecule has 0 saturated heterocycles. The smallest absolute Gasteiger partial charge is 0.419 e. The number of nitrogens with one attached hydrogen (secondary N) is 1. The van der Waals surface area contributed by atoms with Gasteiger partial charge in [0.15, 0.2) is 0 Å². The first kappa shape index (κ1) is 20.1. The molecule has 5 nitrogen and oxygen atoms in total. The fourth-order valence-corrected chi connectivity index (χ4v) is 2.01. The van der Waals surface area contributed by atoms with E-state index in [1.54, 1.807) is 0 Å². The lowest BCUT2D eigenvalue weighted by Gasteiger charge is -2.10. The highest BCUT2D eigenvalue weighted by Gasteiger charge is 2.34. The number of carbonyl (C=O) groups is 1. The van der Waals surface area contributed by atoms with Crippen LogP contribution in [0.25, 0.3) is 0 Å². The van der Waals surface area contributed by atoms with Crippen molar-refractivity contribution in [3.8, 4) is 11.5 Å². The molecule has 144 valence electrons. The molecule has 0 fully saturated rings. The fourth-order valence-electron chi connectivity index (χ4n) is 2.01. The van der Waals surface area contributed by atoms with Crippen molar-refractivity contribution in [3.05, 3.63) is 58.7 Å². The van der Waals surface area contributed by atoms with Crippen molar-refractivity contribution < 1.29 is 41.4 Å². The van der Waals surface area contributed by atoms with E-state index in [4.69, 9.17) is 0 Å². The van der Waals surface area contributed by atoms with Crippen molar-refractivity contribution in [2.24, 2.45) is 5.10 Å². The molecule has 27 heavy (non-hydrogen) atoms. The van der Waals surface area contributed by atoms with Crippen LogP contribution in [0, 0.1) is 0 Å². The summed E-state index contributed by atoms with van der Waals surface area (Å²) in [7, 11) is 0. The van der Waals surface area contributed by atoms with Crippen LogP contribution >= 0.6 is 0 Å². The summed E-state index contributed by atoms with van der Waals surface area (Å²) in [4.78, 5) is 11.8. The summed E-state index contributed by atoms with van der Waals surface area (Å²) >= 11 is 0. The molecule has 0 unspecified atom stereocenters. The molecule has 0 heterocycles. The monoisotopic (exact) mass is 392 g/mol. The number of alkyl halides is 6. The maximum absolute atomic E-state index is 12.7. The molecule has 11 heteroatoms. The van der Waals surface area contributed by atoms with E-state index in [1.807, 2.05) is 5.43 Å². The number of nitrogens with zero attached hydrogens (tertiary/aromatic N) is 1. The number of carbonyl (C=O) groups excluding carboxylic acids is 1. The molecule has 0 saturated carbocycles. The Hall–Kier alpha value is -3.24. The normalized spacial score (nSPS) is 12.4. The number of amides is 1. The maximum atomic E-state index is 12.7. The minimum Gasteiger partial charge on any atom is -0.507 e. The van der Waals surface area contributed by atoms with E-state index >= 15 is 0 Å². The highest BCUT2D eigenvalue weighted by molar-refractivity contribution is 5.97. The first-order valence-corrected chi connectivity index (χ1v) is 7.04. The second-order valence-corrected chi connectivity index (χ2v) is 5.17. The molecular weight excluding hydrogens is 382 g/mol. The lowest BCUT2D eigenvalue weighted by atomic mass is 10.1. The molecule has 0 aliphatic carbocycles. The molecule has 2 aromatic rings. The van der Waals surface area contributed by atoms with E-state index in [-0.39, 0.29) is 5.56 Å². The van der Waals surface area contributed by atoms with Crippen LogP contribution in [-0.4, -0.2) is 22.3 Å². The predicted octanol–water partition coefficient (Wildman–Crippen LogP) is 3.90. The van der Waals surface area contributed by atoms with Crippen LogP contribution in [0.5, 0.6) is 11.5 Å². The van der Waals surface area contributed by atoms with Crippen molar-refractivity contribution in [1.29, 1.82) is 0 Å². The zero-order chi connectivity index (χ0) is 20.4. The van der Waals surface area contributed by atoms with Crippen LogP contribution in [0.3, 0.4) is 0 Å². The Morgan fingerprint density at radius 3 is 2.22 bits per heavy atom. The van der Waals surface area contributed by atoms with E-state index < -0.39 is 46.4 Å². The first-order valence-electron chi connectivity index (χ1n) is 7.04. The SMILES string of the molecule is O=C(N/N=C/c1cccc(C(F)(F)F)c1O)c1ccc(C(F)(F)F)cc1O. The highest BCUT2D eigenvalue weighted by atomic mass is 19.4. The number of hydrogen-bond acceptors (Lipinski definition) is 4. The minimum atomic E-state index is -4.80. The van der Waals surface area contributed by atoms with Gasteiger partial charge < -0.3 is 10.2 Å². The van der Waals surface area contributed by atoms with Gasteiger partial charge in [-0.15, -0.1) is 0 Å². The average Bonchev–Trinajstić information content (AvgIpc) is 2.54. The zero-order valence-corrected chi connectivity index (χ0v) is 13.1. The van der Waals surface area contributed by atoms with Crippen LogP contribution in [0.4, 0.5) is 26.3 Å². The second-order valence-electron chi connectivity index (χ2n) is 5.17. The van der Waals surface area contributed by atoms with Crippen LogP contribution in [0.2, 0.25) is 0 Å². The van der Waals surface area contributed by atoms with Gasteiger partial charge in [-0.1, -0.05) is 6.07 Å². The summed E-state index contributed by atoms with van der Waals surface area (Å²) in [5.41, 5.74) is -1.54. The molecular formula is C16H10F6N2O3. The third kappa shape index (κ3) is 4.68. The van der Waals surface area contributed by atoms with Gasteiger partial charge in [-0.2, -0.15) is 31.4 Å². The summed E-state index contributed by atoms with van der Waals surface area (Å²) < 4.78 is 75.6. The highest BCUT2D eigenvalue weighted by Crippen LogP contribution is 2.37. The number of rotatable bonds is 3. The number of hydrazone groups is 1. The molecule has 0 aliphatic rings. The van der Waals surface area contributed by atoms with Crippen LogP contribution < -0.4 is 5.43 Å². The lowest BCUT2D eigenvalue weighted by Crippen LogP contribution is -2.18. The second kappa shape index (κ2) is 7.17. The molecule has 2 rings (SSSR count). The Labute approximate surface area is 147 Å². The van der Waals surface area contributed by atoms with Gasteiger partial charge in [0.1, 0.15) is 11.5 Å². The summed E-state index contributed by atoms with van der Waals surface area (Å²) in [5, 5.41) is 22.4. The number of hydrogen-bond donors (Lipinski definition) is 3. The number of para-hydroxylation sites is 1. The van der Waals surface area contributed by atoms with Gasteiger partial charge >= 0.3 is 12.4 Å². The molecule has 0 radical (unpaired) electrons. The number of phenols is 2. The van der Waals surface area contributed by atoms with E-state index in [0.29, 0.717) is 30.5 Å². The van der Waals surface area contributed by atoms with E-state index in [2.05, 4.69) is 5.10 Å². The predicted molar refractivity (Wildman–Crippen MR) is 81.3 cm³/mol.